The van der Waals surface area contributed by atoms with Crippen molar-refractivity contribution in [1.29, 1.82) is 0 Å². The first-order valence-electron chi connectivity index (χ1n) is 8.68. The number of H-pyrrole nitrogens is 1. The van der Waals surface area contributed by atoms with E-state index < -0.39 is 5.91 Å². The van der Waals surface area contributed by atoms with Crippen LogP contribution in [0.4, 0.5) is 0 Å². The summed E-state index contributed by atoms with van der Waals surface area (Å²) in [7, 11) is 0. The van der Waals surface area contributed by atoms with E-state index in [-0.39, 0.29) is 5.69 Å². The highest BCUT2D eigenvalue weighted by Gasteiger charge is 2.13. The molecule has 0 aliphatic heterocycles. The van der Waals surface area contributed by atoms with Crippen LogP contribution >= 0.6 is 0 Å². The number of benzene rings is 1. The molecule has 4 aromatic rings. The van der Waals surface area contributed by atoms with Crippen LogP contribution in [0.15, 0.2) is 64.3 Å². The Morgan fingerprint density at radius 3 is 2.79 bits per heavy atom. The van der Waals surface area contributed by atoms with Crippen molar-refractivity contribution in [1.82, 2.24) is 25.4 Å². The molecule has 8 heteroatoms. The van der Waals surface area contributed by atoms with Crippen LogP contribution in [-0.4, -0.2) is 32.1 Å². The standard InChI is InChI=1S/C20H18N6O2/c1-13-16(14(2)26(25-13)15-7-4-3-5-8-15)12-21-24-20(27)18-11-17(22-23-18)19-9-6-10-28-19/h3-12H,1-2H3,(H,22,23)(H,24,27)/b21-12+. The Bertz CT molecular complexity index is 1120. The number of hydrogen-bond acceptors (Lipinski definition) is 5. The number of aryl methyl sites for hydroxylation is 1. The molecule has 140 valence electrons. The van der Waals surface area contributed by atoms with E-state index in [9.17, 15) is 4.79 Å². The first-order chi connectivity index (χ1) is 13.6. The molecule has 4 rings (SSSR count). The van der Waals surface area contributed by atoms with Gasteiger partial charge in [-0.05, 0) is 38.1 Å². The molecule has 3 aromatic heterocycles. The Morgan fingerprint density at radius 2 is 2.04 bits per heavy atom. The third-order valence-electron chi connectivity index (χ3n) is 4.30. The molecule has 28 heavy (non-hydrogen) atoms. The lowest BCUT2D eigenvalue weighted by Crippen LogP contribution is -2.18. The molecule has 0 aliphatic rings. The molecule has 2 N–H and O–H groups in total. The first-order valence-corrected chi connectivity index (χ1v) is 8.68. The first kappa shape index (κ1) is 17.5. The number of furan rings is 1. The molecule has 0 atom stereocenters. The van der Waals surface area contributed by atoms with Crippen LogP contribution in [0.5, 0.6) is 0 Å². The van der Waals surface area contributed by atoms with Gasteiger partial charge < -0.3 is 4.42 Å². The van der Waals surface area contributed by atoms with Crippen LogP contribution in [0.1, 0.15) is 27.4 Å². The van der Waals surface area contributed by atoms with Gasteiger partial charge >= 0.3 is 0 Å². The summed E-state index contributed by atoms with van der Waals surface area (Å²) in [5, 5.41) is 15.4. The number of carbonyl (C=O) groups is 1. The molecule has 0 bridgehead atoms. The summed E-state index contributed by atoms with van der Waals surface area (Å²) in [5.74, 6) is 0.186. The summed E-state index contributed by atoms with van der Waals surface area (Å²) >= 11 is 0. The molecule has 3 heterocycles. The van der Waals surface area contributed by atoms with Gasteiger partial charge in [0.25, 0.3) is 5.91 Å². The van der Waals surface area contributed by atoms with Gasteiger partial charge in [0.05, 0.1) is 29.6 Å². The van der Waals surface area contributed by atoms with Crippen molar-refractivity contribution in [3.63, 3.8) is 0 Å². The number of amides is 1. The average Bonchev–Trinajstić information content (AvgIpc) is 3.45. The summed E-state index contributed by atoms with van der Waals surface area (Å²) in [6, 6.07) is 15.0. The van der Waals surface area contributed by atoms with Crippen molar-refractivity contribution in [2.75, 3.05) is 0 Å². The quantitative estimate of drug-likeness (QED) is 0.414. The molecule has 0 saturated carbocycles. The van der Waals surface area contributed by atoms with Gasteiger partial charge in [-0.15, -0.1) is 0 Å². The number of aromatic amines is 1. The van der Waals surface area contributed by atoms with Crippen molar-refractivity contribution in [2.45, 2.75) is 13.8 Å². The number of aromatic nitrogens is 4. The van der Waals surface area contributed by atoms with E-state index in [1.54, 1.807) is 30.7 Å². The van der Waals surface area contributed by atoms with Gasteiger partial charge in [-0.1, -0.05) is 18.2 Å². The zero-order valence-corrected chi connectivity index (χ0v) is 15.4. The van der Waals surface area contributed by atoms with Crippen LogP contribution in [0, 0.1) is 13.8 Å². The predicted molar refractivity (Wildman–Crippen MR) is 104 cm³/mol. The Hall–Kier alpha value is -3.94. The van der Waals surface area contributed by atoms with Crippen LogP contribution < -0.4 is 5.43 Å². The van der Waals surface area contributed by atoms with Gasteiger partial charge in [0.2, 0.25) is 0 Å². The van der Waals surface area contributed by atoms with Gasteiger partial charge in [-0.25, -0.2) is 10.1 Å². The van der Waals surface area contributed by atoms with Crippen LogP contribution in [0.3, 0.4) is 0 Å². The fourth-order valence-corrected chi connectivity index (χ4v) is 2.87. The Kier molecular flexibility index (Phi) is 4.59. The summed E-state index contributed by atoms with van der Waals surface area (Å²) in [4.78, 5) is 12.3. The fraction of sp³-hybridized carbons (Fsp3) is 0.100. The molecule has 0 aliphatic carbocycles. The lowest BCUT2D eigenvalue weighted by molar-refractivity contribution is 0.0950. The van der Waals surface area contributed by atoms with Crippen molar-refractivity contribution < 1.29 is 9.21 Å². The van der Waals surface area contributed by atoms with E-state index in [0.717, 1.165) is 22.6 Å². The predicted octanol–water partition coefficient (Wildman–Crippen LogP) is 3.24. The maximum absolute atomic E-state index is 12.3. The van der Waals surface area contributed by atoms with Crippen LogP contribution in [-0.2, 0) is 0 Å². The zero-order chi connectivity index (χ0) is 19.5. The Morgan fingerprint density at radius 1 is 1.21 bits per heavy atom. The third kappa shape index (κ3) is 3.35. The number of para-hydroxylation sites is 1. The number of nitrogens with one attached hydrogen (secondary N) is 2. The minimum Gasteiger partial charge on any atom is -0.463 e. The number of hydrazone groups is 1. The SMILES string of the molecule is Cc1nn(-c2ccccc2)c(C)c1/C=N/NC(=O)c1cc(-c2ccco2)[nH]n1. The van der Waals surface area contributed by atoms with Gasteiger partial charge in [0.15, 0.2) is 11.5 Å². The molecule has 8 nitrogen and oxygen atoms in total. The topological polar surface area (TPSA) is 101 Å². The molecule has 1 amide bonds. The lowest BCUT2D eigenvalue weighted by atomic mass is 10.2. The average molecular weight is 374 g/mol. The summed E-state index contributed by atoms with van der Waals surface area (Å²) < 4.78 is 7.12. The van der Waals surface area contributed by atoms with Crippen molar-refractivity contribution in [3.8, 4) is 17.1 Å². The van der Waals surface area contributed by atoms with E-state index in [0.29, 0.717) is 11.5 Å². The second-order valence-electron chi connectivity index (χ2n) is 6.18. The molecule has 0 saturated heterocycles. The van der Waals surface area contributed by atoms with E-state index in [2.05, 4.69) is 25.8 Å². The van der Waals surface area contributed by atoms with Crippen LogP contribution in [0.2, 0.25) is 0 Å². The van der Waals surface area contributed by atoms with E-state index in [1.807, 2.05) is 48.9 Å². The van der Waals surface area contributed by atoms with Gasteiger partial charge in [-0.2, -0.15) is 15.3 Å². The molecule has 0 fully saturated rings. The lowest BCUT2D eigenvalue weighted by Gasteiger charge is -2.03. The smallest absolute Gasteiger partial charge is 0.291 e. The minimum absolute atomic E-state index is 0.219. The zero-order valence-electron chi connectivity index (χ0n) is 15.4. The highest BCUT2D eigenvalue weighted by Crippen LogP contribution is 2.18. The van der Waals surface area contributed by atoms with Crippen LogP contribution in [0.25, 0.3) is 17.1 Å². The van der Waals surface area contributed by atoms with Crippen molar-refractivity contribution in [3.05, 3.63) is 77.4 Å². The summed E-state index contributed by atoms with van der Waals surface area (Å²) in [5.41, 5.74) is 6.90. The monoisotopic (exact) mass is 374 g/mol. The maximum Gasteiger partial charge on any atom is 0.291 e. The largest absolute Gasteiger partial charge is 0.463 e. The molecular formula is C20H18N6O2. The van der Waals surface area contributed by atoms with Gasteiger partial charge in [-0.3, -0.25) is 9.89 Å². The number of rotatable bonds is 5. The highest BCUT2D eigenvalue weighted by molar-refractivity contribution is 5.94. The molecular weight excluding hydrogens is 356 g/mol. The molecule has 0 spiro atoms. The van der Waals surface area contributed by atoms with E-state index >= 15 is 0 Å². The van der Waals surface area contributed by atoms with Gasteiger partial charge in [0.1, 0.15) is 5.69 Å². The Labute approximate surface area is 160 Å². The third-order valence-corrected chi connectivity index (χ3v) is 4.30. The Balaban J connectivity index is 1.48. The van der Waals surface area contributed by atoms with Crippen molar-refractivity contribution in [2.24, 2.45) is 5.10 Å². The second-order valence-corrected chi connectivity index (χ2v) is 6.18. The van der Waals surface area contributed by atoms with E-state index in [4.69, 9.17) is 4.42 Å². The highest BCUT2D eigenvalue weighted by atomic mass is 16.3. The number of hydrogen-bond donors (Lipinski definition) is 2. The summed E-state index contributed by atoms with van der Waals surface area (Å²) in [6.07, 6.45) is 3.15. The minimum atomic E-state index is -0.420. The second kappa shape index (κ2) is 7.36. The van der Waals surface area contributed by atoms with E-state index in [1.165, 1.54) is 0 Å². The molecule has 0 unspecified atom stereocenters. The number of carbonyl (C=O) groups excluding carboxylic acids is 1. The van der Waals surface area contributed by atoms with Crippen molar-refractivity contribution >= 4 is 12.1 Å². The summed E-state index contributed by atoms with van der Waals surface area (Å²) in [6.45, 7) is 3.86. The molecule has 0 radical (unpaired) electrons. The molecule has 1 aromatic carbocycles. The maximum atomic E-state index is 12.3. The van der Waals surface area contributed by atoms with Gasteiger partial charge in [0, 0.05) is 11.6 Å². The normalized spacial score (nSPS) is 11.2. The number of nitrogens with zero attached hydrogens (tertiary/aromatic N) is 4. The fourth-order valence-electron chi connectivity index (χ4n) is 2.87.